The van der Waals surface area contributed by atoms with Crippen LogP contribution in [0.5, 0.6) is 0 Å². The molecule has 92 valence electrons. The number of halogens is 1. The highest BCUT2D eigenvalue weighted by atomic mass is 79.9. The summed E-state index contributed by atoms with van der Waals surface area (Å²) in [6, 6.07) is 10.8. The fraction of sp³-hybridized carbons (Fsp3) is 0.333. The van der Waals surface area contributed by atoms with Gasteiger partial charge in [0.25, 0.3) is 0 Å². The molecule has 3 heteroatoms. The fourth-order valence-corrected chi connectivity index (χ4v) is 2.82. The van der Waals surface area contributed by atoms with E-state index in [1.54, 1.807) is 0 Å². The molecule has 0 aliphatic heterocycles. The Kier molecular flexibility index (Phi) is 3.16. The van der Waals surface area contributed by atoms with Gasteiger partial charge in [-0.25, -0.2) is 9.97 Å². The lowest BCUT2D eigenvalue weighted by molar-refractivity contribution is 0.420. The summed E-state index contributed by atoms with van der Waals surface area (Å²) in [5.74, 6) is 1.58. The maximum absolute atomic E-state index is 4.47. The summed E-state index contributed by atoms with van der Waals surface area (Å²) in [5.41, 5.74) is 3.61. The van der Waals surface area contributed by atoms with Crippen LogP contribution in [0, 0.1) is 6.92 Å². The van der Waals surface area contributed by atoms with Crippen LogP contribution in [-0.2, 0) is 0 Å². The predicted molar refractivity (Wildman–Crippen MR) is 76.5 cm³/mol. The van der Waals surface area contributed by atoms with Crippen molar-refractivity contribution in [2.75, 3.05) is 0 Å². The molecule has 0 N–H and O–H groups in total. The maximum atomic E-state index is 4.47. The van der Waals surface area contributed by atoms with Gasteiger partial charge >= 0.3 is 0 Å². The van der Waals surface area contributed by atoms with E-state index in [0.717, 1.165) is 27.6 Å². The van der Waals surface area contributed by atoms with Gasteiger partial charge in [0.15, 0.2) is 0 Å². The first-order valence-corrected chi connectivity index (χ1v) is 7.13. The molecule has 0 radical (unpaired) electrons. The number of hydrogen-bond acceptors (Lipinski definition) is 2. The molecule has 1 fully saturated rings. The smallest absolute Gasteiger partial charge is 0.127 e. The van der Waals surface area contributed by atoms with Crippen LogP contribution in [0.2, 0.25) is 0 Å². The molecule has 2 aromatic rings. The van der Waals surface area contributed by atoms with Crippen LogP contribution in [0.3, 0.4) is 0 Å². The maximum Gasteiger partial charge on any atom is 0.127 e. The summed E-state index contributed by atoms with van der Waals surface area (Å²) in [7, 11) is 0. The van der Waals surface area contributed by atoms with E-state index < -0.39 is 0 Å². The lowest BCUT2D eigenvalue weighted by atomic mass is 9.80. The number of aromatic nitrogens is 2. The van der Waals surface area contributed by atoms with E-state index in [0.29, 0.717) is 0 Å². The largest absolute Gasteiger partial charge is 0.233 e. The molecular weight excluding hydrogens is 288 g/mol. The Morgan fingerprint density at radius 1 is 1.11 bits per heavy atom. The molecule has 2 nitrogen and oxygen atoms in total. The molecule has 1 saturated carbocycles. The summed E-state index contributed by atoms with van der Waals surface area (Å²) >= 11 is 3.42. The molecule has 1 heterocycles. The molecule has 0 amide bonds. The molecule has 18 heavy (non-hydrogen) atoms. The van der Waals surface area contributed by atoms with Gasteiger partial charge in [0.2, 0.25) is 0 Å². The Labute approximate surface area is 116 Å². The summed E-state index contributed by atoms with van der Waals surface area (Å²) < 4.78 is 0.841. The van der Waals surface area contributed by atoms with Gasteiger partial charge in [-0.15, -0.1) is 0 Å². The van der Waals surface area contributed by atoms with Crippen molar-refractivity contribution < 1.29 is 0 Å². The molecule has 0 spiro atoms. The van der Waals surface area contributed by atoms with Crippen molar-refractivity contribution in [3.8, 4) is 11.3 Å². The zero-order valence-corrected chi connectivity index (χ0v) is 11.9. The first-order valence-electron chi connectivity index (χ1n) is 6.34. The van der Waals surface area contributed by atoms with Crippen molar-refractivity contribution in [2.45, 2.75) is 32.1 Å². The van der Waals surface area contributed by atoms with E-state index in [-0.39, 0.29) is 0 Å². The summed E-state index contributed by atoms with van der Waals surface area (Å²) in [6.07, 6.45) is 4.07. The molecule has 1 aromatic carbocycles. The number of rotatable bonds is 2. The minimum absolute atomic E-state index is 0.790. The summed E-state index contributed by atoms with van der Waals surface area (Å²) in [4.78, 5) is 8.71. The Bertz CT molecular complexity index is 539. The van der Waals surface area contributed by atoms with Crippen LogP contribution < -0.4 is 0 Å². The van der Waals surface area contributed by atoms with Gasteiger partial charge in [-0.1, -0.05) is 30.7 Å². The zero-order chi connectivity index (χ0) is 12.5. The van der Waals surface area contributed by atoms with Crippen molar-refractivity contribution in [3.63, 3.8) is 0 Å². The average Bonchev–Trinajstić information content (AvgIpc) is 2.26. The van der Waals surface area contributed by atoms with E-state index in [4.69, 9.17) is 0 Å². The number of aryl methyl sites for hydroxylation is 1. The predicted octanol–water partition coefficient (Wildman–Crippen LogP) is 4.48. The Morgan fingerprint density at radius 3 is 2.39 bits per heavy atom. The van der Waals surface area contributed by atoms with Crippen LogP contribution in [0.25, 0.3) is 11.3 Å². The number of hydrogen-bond donors (Lipinski definition) is 0. The highest BCUT2D eigenvalue weighted by Crippen LogP contribution is 2.36. The van der Waals surface area contributed by atoms with E-state index in [1.807, 2.05) is 13.0 Å². The molecule has 0 saturated heterocycles. The molecule has 0 unspecified atom stereocenters. The quantitative estimate of drug-likeness (QED) is 0.764. The average molecular weight is 303 g/mol. The lowest BCUT2D eigenvalue weighted by Gasteiger charge is -2.25. The highest BCUT2D eigenvalue weighted by Gasteiger charge is 2.19. The van der Waals surface area contributed by atoms with Crippen LogP contribution in [-0.4, -0.2) is 9.97 Å². The second-order valence-electron chi connectivity index (χ2n) is 4.87. The van der Waals surface area contributed by atoms with Gasteiger partial charge in [0.1, 0.15) is 10.4 Å². The Morgan fingerprint density at radius 2 is 1.83 bits per heavy atom. The molecule has 1 aliphatic rings. The van der Waals surface area contributed by atoms with Crippen LogP contribution in [0.1, 0.15) is 36.6 Å². The van der Waals surface area contributed by atoms with Crippen LogP contribution in [0.4, 0.5) is 0 Å². The molecule has 1 aliphatic carbocycles. The van der Waals surface area contributed by atoms with Crippen molar-refractivity contribution in [2.24, 2.45) is 0 Å². The summed E-state index contributed by atoms with van der Waals surface area (Å²) in [6.45, 7) is 1.91. The second-order valence-corrected chi connectivity index (χ2v) is 5.69. The minimum Gasteiger partial charge on any atom is -0.233 e. The minimum atomic E-state index is 0.790. The van der Waals surface area contributed by atoms with E-state index in [1.165, 1.54) is 24.8 Å². The van der Waals surface area contributed by atoms with E-state index in [9.17, 15) is 0 Å². The summed E-state index contributed by atoms with van der Waals surface area (Å²) in [5, 5.41) is 0. The fourth-order valence-electron chi connectivity index (χ4n) is 2.35. The van der Waals surface area contributed by atoms with E-state index >= 15 is 0 Å². The van der Waals surface area contributed by atoms with Crippen molar-refractivity contribution >= 4 is 15.9 Å². The SMILES string of the molecule is Cc1nc(Br)cc(-c2ccc(C3CCC3)cc2)n1. The second kappa shape index (κ2) is 4.81. The molecule has 0 atom stereocenters. The molecule has 1 aromatic heterocycles. The van der Waals surface area contributed by atoms with Gasteiger partial charge in [0.05, 0.1) is 5.69 Å². The third-order valence-electron chi connectivity index (χ3n) is 3.59. The standard InChI is InChI=1S/C15H15BrN2/c1-10-17-14(9-15(16)18-10)13-7-5-12(6-8-13)11-3-2-4-11/h5-9,11H,2-4H2,1H3. The first-order chi connectivity index (χ1) is 8.72. The van der Waals surface area contributed by atoms with Gasteiger partial charge in [0, 0.05) is 5.56 Å². The molecule has 3 rings (SSSR count). The first kappa shape index (κ1) is 11.8. The normalized spacial score (nSPS) is 15.4. The number of benzene rings is 1. The zero-order valence-electron chi connectivity index (χ0n) is 10.4. The molecular formula is C15H15BrN2. The van der Waals surface area contributed by atoms with Gasteiger partial charge in [-0.05, 0) is 53.2 Å². The molecule has 0 bridgehead atoms. The van der Waals surface area contributed by atoms with Crippen LogP contribution >= 0.6 is 15.9 Å². The lowest BCUT2D eigenvalue weighted by Crippen LogP contribution is -2.08. The Balaban J connectivity index is 1.91. The van der Waals surface area contributed by atoms with Gasteiger partial charge in [-0.2, -0.15) is 0 Å². The topological polar surface area (TPSA) is 25.8 Å². The van der Waals surface area contributed by atoms with E-state index in [2.05, 4.69) is 50.2 Å². The van der Waals surface area contributed by atoms with Gasteiger partial charge < -0.3 is 0 Å². The Hall–Kier alpha value is -1.22. The highest BCUT2D eigenvalue weighted by molar-refractivity contribution is 9.10. The van der Waals surface area contributed by atoms with Crippen molar-refractivity contribution in [3.05, 3.63) is 46.3 Å². The van der Waals surface area contributed by atoms with Gasteiger partial charge in [-0.3, -0.25) is 0 Å². The number of nitrogens with zero attached hydrogens (tertiary/aromatic N) is 2. The third-order valence-corrected chi connectivity index (χ3v) is 4.00. The van der Waals surface area contributed by atoms with Crippen molar-refractivity contribution in [1.82, 2.24) is 9.97 Å². The van der Waals surface area contributed by atoms with Crippen molar-refractivity contribution in [1.29, 1.82) is 0 Å². The monoisotopic (exact) mass is 302 g/mol. The third kappa shape index (κ3) is 2.32. The van der Waals surface area contributed by atoms with Crippen LogP contribution in [0.15, 0.2) is 34.9 Å².